The number of amides is 2. The standard InChI is InChI=1S/C20H23F3N2O3/c1-18(2,3)28-17(27)25-9-7-12(8-10-25)13-5-6-15-14(11-13)19(4,16(26)24-15)20(21,22)23/h5-7,11H,8-10H2,1-4H3,(H,24,26). The summed E-state index contributed by atoms with van der Waals surface area (Å²) in [6.45, 7) is 6.98. The first-order valence-corrected chi connectivity index (χ1v) is 9.03. The first kappa shape index (κ1) is 20.2. The van der Waals surface area contributed by atoms with Crippen molar-refractivity contribution in [2.75, 3.05) is 18.4 Å². The van der Waals surface area contributed by atoms with Gasteiger partial charge in [-0.05, 0) is 57.4 Å². The van der Waals surface area contributed by atoms with E-state index in [1.165, 1.54) is 12.1 Å². The van der Waals surface area contributed by atoms with E-state index in [1.54, 1.807) is 31.7 Å². The van der Waals surface area contributed by atoms with Gasteiger partial charge in [-0.15, -0.1) is 0 Å². The van der Waals surface area contributed by atoms with Gasteiger partial charge in [0.2, 0.25) is 5.91 Å². The molecule has 0 radical (unpaired) electrons. The number of halogens is 3. The molecule has 0 aliphatic carbocycles. The molecule has 2 amide bonds. The van der Waals surface area contributed by atoms with Gasteiger partial charge in [0, 0.05) is 24.3 Å². The number of nitrogens with one attached hydrogen (secondary N) is 1. The number of alkyl halides is 3. The van der Waals surface area contributed by atoms with Crippen LogP contribution in [0.5, 0.6) is 0 Å². The SMILES string of the molecule is CC(C)(C)OC(=O)N1CC=C(c2ccc3c(c2)C(C)(C(F)(F)F)C(=O)N3)CC1. The van der Waals surface area contributed by atoms with Crippen molar-refractivity contribution in [1.29, 1.82) is 0 Å². The van der Waals surface area contributed by atoms with Crippen molar-refractivity contribution in [2.45, 2.75) is 51.3 Å². The molecule has 0 bridgehead atoms. The first-order chi connectivity index (χ1) is 12.8. The van der Waals surface area contributed by atoms with Crippen molar-refractivity contribution in [1.82, 2.24) is 4.90 Å². The largest absolute Gasteiger partial charge is 0.444 e. The minimum absolute atomic E-state index is 0.0713. The molecule has 1 aromatic carbocycles. The Labute approximate surface area is 161 Å². The maximum atomic E-state index is 13.6. The van der Waals surface area contributed by atoms with E-state index in [0.29, 0.717) is 25.1 Å². The van der Waals surface area contributed by atoms with Gasteiger partial charge in [-0.3, -0.25) is 4.79 Å². The molecule has 2 heterocycles. The van der Waals surface area contributed by atoms with E-state index in [-0.39, 0.29) is 11.3 Å². The molecule has 8 heteroatoms. The molecular weight excluding hydrogens is 373 g/mol. The second kappa shape index (κ2) is 6.53. The van der Waals surface area contributed by atoms with E-state index in [9.17, 15) is 22.8 Å². The summed E-state index contributed by atoms with van der Waals surface area (Å²) in [5.41, 5.74) is -1.60. The molecule has 3 rings (SSSR count). The molecule has 1 atom stereocenters. The van der Waals surface area contributed by atoms with Crippen LogP contribution in [0.1, 0.15) is 45.2 Å². The number of carbonyl (C=O) groups is 2. The van der Waals surface area contributed by atoms with Crippen molar-refractivity contribution >= 4 is 23.3 Å². The number of nitrogens with zero attached hydrogens (tertiary/aromatic N) is 1. The molecule has 1 N–H and O–H groups in total. The predicted molar refractivity (Wildman–Crippen MR) is 98.9 cm³/mol. The second-order valence-corrected chi connectivity index (χ2v) is 8.24. The molecule has 1 unspecified atom stereocenters. The highest BCUT2D eigenvalue weighted by molar-refractivity contribution is 6.07. The van der Waals surface area contributed by atoms with Gasteiger partial charge in [0.1, 0.15) is 5.60 Å². The fourth-order valence-corrected chi connectivity index (χ4v) is 3.34. The number of ether oxygens (including phenoxy) is 1. The van der Waals surface area contributed by atoms with Gasteiger partial charge in [-0.2, -0.15) is 13.2 Å². The fourth-order valence-electron chi connectivity index (χ4n) is 3.34. The summed E-state index contributed by atoms with van der Waals surface area (Å²) in [5, 5.41) is 2.32. The summed E-state index contributed by atoms with van der Waals surface area (Å²) in [6.07, 6.45) is -2.82. The molecule has 0 fully saturated rings. The van der Waals surface area contributed by atoms with Crippen LogP contribution < -0.4 is 5.32 Å². The molecule has 0 saturated carbocycles. The molecule has 152 valence electrons. The fraction of sp³-hybridized carbons (Fsp3) is 0.500. The molecule has 2 aliphatic heterocycles. The summed E-state index contributed by atoms with van der Waals surface area (Å²) < 4.78 is 46.1. The summed E-state index contributed by atoms with van der Waals surface area (Å²) in [4.78, 5) is 25.7. The maximum absolute atomic E-state index is 13.6. The normalized spacial score (nSPS) is 22.5. The van der Waals surface area contributed by atoms with Crippen LogP contribution in [0.15, 0.2) is 24.3 Å². The van der Waals surface area contributed by atoms with E-state index in [4.69, 9.17) is 4.74 Å². The van der Waals surface area contributed by atoms with Crippen molar-refractivity contribution in [2.24, 2.45) is 0 Å². The minimum Gasteiger partial charge on any atom is -0.444 e. The maximum Gasteiger partial charge on any atom is 0.410 e. The zero-order valence-electron chi connectivity index (χ0n) is 16.2. The van der Waals surface area contributed by atoms with Crippen LogP contribution in [0.25, 0.3) is 5.57 Å². The number of anilines is 1. The summed E-state index contributed by atoms with van der Waals surface area (Å²) >= 11 is 0. The summed E-state index contributed by atoms with van der Waals surface area (Å²) in [7, 11) is 0. The van der Waals surface area contributed by atoms with Gasteiger partial charge in [0.05, 0.1) is 0 Å². The van der Waals surface area contributed by atoms with Gasteiger partial charge < -0.3 is 15.0 Å². The Morgan fingerprint density at radius 3 is 2.46 bits per heavy atom. The lowest BCUT2D eigenvalue weighted by molar-refractivity contribution is -0.186. The Morgan fingerprint density at radius 1 is 1.25 bits per heavy atom. The van der Waals surface area contributed by atoms with Gasteiger partial charge in [-0.1, -0.05) is 12.1 Å². The Hall–Kier alpha value is -2.51. The monoisotopic (exact) mass is 396 g/mol. The van der Waals surface area contributed by atoms with Gasteiger partial charge in [0.15, 0.2) is 5.41 Å². The van der Waals surface area contributed by atoms with Crippen LogP contribution in [0.4, 0.5) is 23.7 Å². The molecule has 1 aromatic rings. The lowest BCUT2D eigenvalue weighted by atomic mass is 9.81. The lowest BCUT2D eigenvalue weighted by Crippen LogP contribution is -2.45. The van der Waals surface area contributed by atoms with Crippen molar-refractivity contribution in [3.05, 3.63) is 35.4 Å². The van der Waals surface area contributed by atoms with E-state index in [2.05, 4.69) is 5.32 Å². The average molecular weight is 396 g/mol. The molecular formula is C20H23F3N2O3. The van der Waals surface area contributed by atoms with Crippen LogP contribution in [-0.4, -0.2) is 41.8 Å². The number of fused-ring (bicyclic) bond motifs is 1. The third kappa shape index (κ3) is 3.47. The van der Waals surface area contributed by atoms with Crippen LogP contribution in [-0.2, 0) is 14.9 Å². The van der Waals surface area contributed by atoms with E-state index < -0.39 is 29.2 Å². The number of carbonyl (C=O) groups excluding carboxylic acids is 2. The Morgan fingerprint density at radius 2 is 1.93 bits per heavy atom. The second-order valence-electron chi connectivity index (χ2n) is 8.24. The highest BCUT2D eigenvalue weighted by Gasteiger charge is 2.61. The van der Waals surface area contributed by atoms with Crippen LogP contribution in [0.3, 0.4) is 0 Å². The van der Waals surface area contributed by atoms with E-state index in [1.807, 2.05) is 6.08 Å². The molecule has 0 saturated heterocycles. The number of hydrogen-bond acceptors (Lipinski definition) is 3. The number of hydrogen-bond donors (Lipinski definition) is 1. The van der Waals surface area contributed by atoms with Crippen LogP contribution in [0.2, 0.25) is 0 Å². The molecule has 5 nitrogen and oxygen atoms in total. The predicted octanol–water partition coefficient (Wildman–Crippen LogP) is 4.48. The zero-order valence-corrected chi connectivity index (χ0v) is 16.2. The molecule has 0 aromatic heterocycles. The Bertz CT molecular complexity index is 855. The van der Waals surface area contributed by atoms with Crippen molar-refractivity contribution in [3.63, 3.8) is 0 Å². The van der Waals surface area contributed by atoms with Crippen molar-refractivity contribution < 1.29 is 27.5 Å². The summed E-state index contributed by atoms with van der Waals surface area (Å²) in [6, 6.07) is 4.62. The highest BCUT2D eigenvalue weighted by Crippen LogP contribution is 2.49. The molecule has 0 spiro atoms. The van der Waals surface area contributed by atoms with E-state index in [0.717, 1.165) is 12.5 Å². The molecule has 2 aliphatic rings. The minimum atomic E-state index is -4.70. The van der Waals surface area contributed by atoms with Crippen LogP contribution in [0, 0.1) is 0 Å². The van der Waals surface area contributed by atoms with Gasteiger partial charge in [-0.25, -0.2) is 4.79 Å². The third-order valence-electron chi connectivity index (χ3n) is 5.06. The zero-order chi connectivity index (χ0) is 20.9. The number of rotatable bonds is 1. The van der Waals surface area contributed by atoms with Gasteiger partial charge in [0.25, 0.3) is 0 Å². The van der Waals surface area contributed by atoms with Crippen molar-refractivity contribution in [3.8, 4) is 0 Å². The number of benzene rings is 1. The molecule has 28 heavy (non-hydrogen) atoms. The lowest BCUT2D eigenvalue weighted by Gasteiger charge is -2.30. The Kier molecular flexibility index (Phi) is 4.72. The summed E-state index contributed by atoms with van der Waals surface area (Å²) in [5.74, 6) is -1.07. The van der Waals surface area contributed by atoms with E-state index >= 15 is 0 Å². The average Bonchev–Trinajstić information content (AvgIpc) is 2.85. The van der Waals surface area contributed by atoms with Crippen LogP contribution >= 0.6 is 0 Å². The first-order valence-electron chi connectivity index (χ1n) is 9.03. The Balaban J connectivity index is 1.84. The highest BCUT2D eigenvalue weighted by atomic mass is 19.4. The smallest absolute Gasteiger partial charge is 0.410 e. The third-order valence-corrected chi connectivity index (χ3v) is 5.06. The topological polar surface area (TPSA) is 58.6 Å². The quantitative estimate of drug-likeness (QED) is 0.761. The van der Waals surface area contributed by atoms with Gasteiger partial charge >= 0.3 is 12.3 Å².